The molecule has 7 heteroatoms. The molecule has 4 rings (SSSR count). The fourth-order valence-electron chi connectivity index (χ4n) is 2.51. The molecule has 0 fully saturated rings. The molecule has 0 bridgehead atoms. The molecule has 0 spiro atoms. The van der Waals surface area contributed by atoms with E-state index in [1.54, 1.807) is 0 Å². The molecule has 5 nitrogen and oxygen atoms in total. The smallest absolute Gasteiger partial charge is 0.256 e. The second-order valence-electron chi connectivity index (χ2n) is 6.00. The van der Waals surface area contributed by atoms with Crippen LogP contribution in [0.4, 0.5) is 5.13 Å². The van der Waals surface area contributed by atoms with Crippen LogP contribution in [0.5, 0.6) is 0 Å². The van der Waals surface area contributed by atoms with Gasteiger partial charge in [-0.05, 0) is 19.1 Å². The van der Waals surface area contributed by atoms with Crippen molar-refractivity contribution in [1.82, 2.24) is 9.97 Å². The molecule has 0 radical (unpaired) electrons. The van der Waals surface area contributed by atoms with E-state index in [0.29, 0.717) is 22.5 Å². The first-order valence-electron chi connectivity index (χ1n) is 8.48. The van der Waals surface area contributed by atoms with Crippen LogP contribution in [0.1, 0.15) is 12.0 Å². The summed E-state index contributed by atoms with van der Waals surface area (Å²) in [6.45, 7) is 2.05. The Kier molecular flexibility index (Phi) is 5.22. The molecule has 0 aliphatic heterocycles. The molecule has 27 heavy (non-hydrogen) atoms. The van der Waals surface area contributed by atoms with E-state index in [2.05, 4.69) is 34.3 Å². The molecule has 1 amide bonds. The van der Waals surface area contributed by atoms with Gasteiger partial charge in [0.2, 0.25) is 5.91 Å². The van der Waals surface area contributed by atoms with Crippen LogP contribution in [0.3, 0.4) is 0 Å². The van der Waals surface area contributed by atoms with Crippen molar-refractivity contribution < 1.29 is 9.21 Å². The molecule has 4 aromatic rings. The maximum absolute atomic E-state index is 12.2. The SMILES string of the molecule is Cc1ccc(-c2csc(NC(=O)CCSc3nc4ccccc4o3)n2)cc1. The van der Waals surface area contributed by atoms with Crippen LogP contribution in [-0.2, 0) is 4.79 Å². The lowest BCUT2D eigenvalue weighted by atomic mass is 10.1. The quantitative estimate of drug-likeness (QED) is 0.444. The number of nitrogens with zero attached hydrogens (tertiary/aromatic N) is 2. The first kappa shape index (κ1) is 17.8. The Bertz CT molecular complexity index is 1040. The van der Waals surface area contributed by atoms with Gasteiger partial charge < -0.3 is 9.73 Å². The van der Waals surface area contributed by atoms with Gasteiger partial charge in [0.25, 0.3) is 5.22 Å². The average molecular weight is 396 g/mol. The fourth-order valence-corrected chi connectivity index (χ4v) is 4.02. The van der Waals surface area contributed by atoms with E-state index in [1.165, 1.54) is 28.7 Å². The highest BCUT2D eigenvalue weighted by Crippen LogP contribution is 2.26. The first-order chi connectivity index (χ1) is 13.2. The van der Waals surface area contributed by atoms with Crippen molar-refractivity contribution in [3.63, 3.8) is 0 Å². The van der Waals surface area contributed by atoms with Gasteiger partial charge in [-0.2, -0.15) is 0 Å². The van der Waals surface area contributed by atoms with E-state index in [9.17, 15) is 4.79 Å². The zero-order valence-corrected chi connectivity index (χ0v) is 16.3. The Morgan fingerprint density at radius 3 is 2.78 bits per heavy atom. The number of para-hydroxylation sites is 2. The number of anilines is 1. The summed E-state index contributed by atoms with van der Waals surface area (Å²) < 4.78 is 5.64. The molecule has 1 N–H and O–H groups in total. The minimum Gasteiger partial charge on any atom is -0.431 e. The zero-order chi connectivity index (χ0) is 18.6. The molecule has 2 heterocycles. The third kappa shape index (κ3) is 4.37. The first-order valence-corrected chi connectivity index (χ1v) is 10.3. The Balaban J connectivity index is 1.30. The maximum Gasteiger partial charge on any atom is 0.256 e. The molecule has 0 atom stereocenters. The molecule has 0 aliphatic rings. The number of benzene rings is 2. The number of carbonyl (C=O) groups excluding carboxylic acids is 1. The highest BCUT2D eigenvalue weighted by Gasteiger charge is 2.10. The molecule has 0 saturated carbocycles. The normalized spacial score (nSPS) is 11.0. The largest absolute Gasteiger partial charge is 0.431 e. The van der Waals surface area contributed by atoms with Crippen molar-refractivity contribution in [1.29, 1.82) is 0 Å². The molecular formula is C20H17N3O2S2. The number of amides is 1. The summed E-state index contributed by atoms with van der Waals surface area (Å²) >= 11 is 2.86. The number of carbonyl (C=O) groups is 1. The van der Waals surface area contributed by atoms with Crippen molar-refractivity contribution in [2.24, 2.45) is 0 Å². The number of rotatable bonds is 6. The summed E-state index contributed by atoms with van der Waals surface area (Å²) in [7, 11) is 0. The van der Waals surface area contributed by atoms with Crippen molar-refractivity contribution in [3.8, 4) is 11.3 Å². The van der Waals surface area contributed by atoms with Gasteiger partial charge in [-0.25, -0.2) is 9.97 Å². The van der Waals surface area contributed by atoms with Crippen LogP contribution in [0, 0.1) is 6.92 Å². The zero-order valence-electron chi connectivity index (χ0n) is 14.6. The van der Waals surface area contributed by atoms with Crippen molar-refractivity contribution in [2.45, 2.75) is 18.6 Å². The Labute approximate surface area is 164 Å². The topological polar surface area (TPSA) is 68.0 Å². The minimum atomic E-state index is -0.0663. The van der Waals surface area contributed by atoms with Crippen LogP contribution in [0.2, 0.25) is 0 Å². The molecule has 136 valence electrons. The van der Waals surface area contributed by atoms with Crippen LogP contribution in [0.25, 0.3) is 22.4 Å². The second kappa shape index (κ2) is 7.94. The number of thiazole rings is 1. The average Bonchev–Trinajstić information content (AvgIpc) is 3.29. The summed E-state index contributed by atoms with van der Waals surface area (Å²) in [5, 5.41) is 6.01. The number of nitrogens with one attached hydrogen (secondary N) is 1. The third-order valence-corrected chi connectivity index (χ3v) is 5.51. The number of hydrogen-bond acceptors (Lipinski definition) is 6. The van der Waals surface area contributed by atoms with Crippen molar-refractivity contribution in [2.75, 3.05) is 11.1 Å². The fraction of sp³-hybridized carbons (Fsp3) is 0.150. The van der Waals surface area contributed by atoms with Gasteiger partial charge in [-0.1, -0.05) is 53.7 Å². The lowest BCUT2D eigenvalue weighted by Crippen LogP contribution is -2.11. The summed E-state index contributed by atoms with van der Waals surface area (Å²) in [5.74, 6) is 0.526. The van der Waals surface area contributed by atoms with Crippen LogP contribution < -0.4 is 5.32 Å². The lowest BCUT2D eigenvalue weighted by molar-refractivity contribution is -0.115. The molecule has 2 aromatic carbocycles. The van der Waals surface area contributed by atoms with E-state index in [4.69, 9.17) is 4.42 Å². The number of hydrogen-bond donors (Lipinski definition) is 1. The Morgan fingerprint density at radius 1 is 1.15 bits per heavy atom. The number of aryl methyl sites for hydroxylation is 1. The second-order valence-corrected chi connectivity index (χ2v) is 7.90. The van der Waals surface area contributed by atoms with Gasteiger partial charge in [0.15, 0.2) is 10.7 Å². The molecular weight excluding hydrogens is 378 g/mol. The number of aromatic nitrogens is 2. The Morgan fingerprint density at radius 2 is 1.96 bits per heavy atom. The minimum absolute atomic E-state index is 0.0663. The summed E-state index contributed by atoms with van der Waals surface area (Å²) in [4.78, 5) is 21.0. The van der Waals surface area contributed by atoms with Crippen LogP contribution >= 0.6 is 23.1 Å². The number of thioether (sulfide) groups is 1. The van der Waals surface area contributed by atoms with Crippen LogP contribution in [-0.4, -0.2) is 21.6 Å². The Hall–Kier alpha value is -2.64. The van der Waals surface area contributed by atoms with Gasteiger partial charge in [0.05, 0.1) is 5.69 Å². The summed E-state index contributed by atoms with van der Waals surface area (Å²) in [6.07, 6.45) is 0.364. The van der Waals surface area contributed by atoms with Gasteiger partial charge in [0.1, 0.15) is 5.52 Å². The van der Waals surface area contributed by atoms with E-state index in [0.717, 1.165) is 22.4 Å². The maximum atomic E-state index is 12.2. The standard InChI is InChI=1S/C20H17N3O2S2/c1-13-6-8-14(9-7-13)16-12-27-19(21-16)23-18(24)10-11-26-20-22-15-4-2-3-5-17(15)25-20/h2-9,12H,10-11H2,1H3,(H,21,23,24). The van der Waals surface area contributed by atoms with Gasteiger partial charge in [0, 0.05) is 23.1 Å². The van der Waals surface area contributed by atoms with E-state index in [1.807, 2.05) is 41.8 Å². The van der Waals surface area contributed by atoms with Gasteiger partial charge >= 0.3 is 0 Å². The van der Waals surface area contributed by atoms with E-state index in [-0.39, 0.29) is 5.91 Å². The van der Waals surface area contributed by atoms with Crippen molar-refractivity contribution >= 4 is 45.2 Å². The van der Waals surface area contributed by atoms with E-state index < -0.39 is 0 Å². The van der Waals surface area contributed by atoms with E-state index >= 15 is 0 Å². The lowest BCUT2D eigenvalue weighted by Gasteiger charge is -2.00. The number of fused-ring (bicyclic) bond motifs is 1. The predicted octanol–water partition coefficient (Wildman–Crippen LogP) is 5.38. The third-order valence-electron chi connectivity index (χ3n) is 3.93. The molecule has 0 saturated heterocycles. The van der Waals surface area contributed by atoms with Gasteiger partial charge in [-0.15, -0.1) is 11.3 Å². The van der Waals surface area contributed by atoms with Crippen molar-refractivity contribution in [3.05, 3.63) is 59.5 Å². The molecule has 0 aliphatic carbocycles. The summed E-state index contributed by atoms with van der Waals surface area (Å²) in [5.41, 5.74) is 4.71. The molecule has 2 aromatic heterocycles. The molecule has 0 unspecified atom stereocenters. The predicted molar refractivity (Wildman–Crippen MR) is 110 cm³/mol. The van der Waals surface area contributed by atoms with Gasteiger partial charge in [-0.3, -0.25) is 4.79 Å². The van der Waals surface area contributed by atoms with Crippen LogP contribution in [0.15, 0.2) is 63.6 Å². The monoisotopic (exact) mass is 395 g/mol. The highest BCUT2D eigenvalue weighted by molar-refractivity contribution is 7.99. The number of oxazole rings is 1. The highest BCUT2D eigenvalue weighted by atomic mass is 32.2. The summed E-state index contributed by atoms with van der Waals surface area (Å²) in [6, 6.07) is 15.8.